The highest BCUT2D eigenvalue weighted by Gasteiger charge is 2.28. The number of carboxylic acids is 1. The maximum atomic E-state index is 11.6. The van der Waals surface area contributed by atoms with E-state index < -0.39 is 18.0 Å². The number of benzene rings is 2. The lowest BCUT2D eigenvalue weighted by molar-refractivity contribution is -0.148. The van der Waals surface area contributed by atoms with Crippen molar-refractivity contribution in [2.24, 2.45) is 5.92 Å². The van der Waals surface area contributed by atoms with Gasteiger partial charge in [-0.15, -0.1) is 0 Å². The van der Waals surface area contributed by atoms with Gasteiger partial charge in [-0.2, -0.15) is 0 Å². The molecule has 0 bridgehead atoms. The molecule has 0 aliphatic rings. The summed E-state index contributed by atoms with van der Waals surface area (Å²) in [7, 11) is 0. The van der Waals surface area contributed by atoms with Gasteiger partial charge in [-0.25, -0.2) is 4.79 Å². The molecule has 0 aliphatic heterocycles. The average Bonchev–Trinajstić information content (AvgIpc) is 2.55. The standard InChI is InChI=1S/C17H13Cl5O4/c1-8(7-25-15-6-11(20)10(19)5-13(15)22)16(17(23)24)26-14-3-2-9(18)4-12(14)21/h2-6,8,16H,7H2,1H3,(H,23,24). The van der Waals surface area contributed by atoms with Crippen LogP contribution >= 0.6 is 58.0 Å². The van der Waals surface area contributed by atoms with E-state index in [9.17, 15) is 9.90 Å². The Morgan fingerprint density at radius 1 is 0.962 bits per heavy atom. The van der Waals surface area contributed by atoms with Gasteiger partial charge in [0.1, 0.15) is 11.5 Å². The SMILES string of the molecule is CC(COc1cc(Cl)c(Cl)cc1Cl)C(Oc1ccc(Cl)cc1Cl)C(=O)O. The molecular weight excluding hydrogens is 445 g/mol. The van der Waals surface area contributed by atoms with Crippen LogP contribution in [-0.2, 0) is 4.79 Å². The second-order valence-corrected chi connectivity index (χ2v) is 7.50. The molecule has 0 fully saturated rings. The molecule has 2 aromatic rings. The number of carboxylic acid groups (broad SMARTS) is 1. The first-order chi connectivity index (χ1) is 12.2. The van der Waals surface area contributed by atoms with E-state index in [1.807, 2.05) is 0 Å². The molecule has 0 heterocycles. The summed E-state index contributed by atoms with van der Waals surface area (Å²) in [6.45, 7) is 1.67. The maximum Gasteiger partial charge on any atom is 0.345 e. The van der Waals surface area contributed by atoms with Crippen molar-refractivity contribution in [2.45, 2.75) is 13.0 Å². The molecule has 2 aromatic carbocycles. The topological polar surface area (TPSA) is 55.8 Å². The van der Waals surface area contributed by atoms with Crippen molar-refractivity contribution in [1.82, 2.24) is 0 Å². The molecule has 2 unspecified atom stereocenters. The second kappa shape index (κ2) is 9.25. The lowest BCUT2D eigenvalue weighted by Crippen LogP contribution is -2.36. The zero-order valence-corrected chi connectivity index (χ0v) is 17.1. The number of aliphatic carboxylic acids is 1. The summed E-state index contributed by atoms with van der Waals surface area (Å²) < 4.78 is 11.1. The van der Waals surface area contributed by atoms with Crippen molar-refractivity contribution in [3.8, 4) is 11.5 Å². The Labute approximate surface area is 175 Å². The van der Waals surface area contributed by atoms with Gasteiger partial charge in [0.05, 0.1) is 26.7 Å². The largest absolute Gasteiger partial charge is 0.492 e. The van der Waals surface area contributed by atoms with E-state index in [4.69, 9.17) is 67.5 Å². The summed E-state index contributed by atoms with van der Waals surface area (Å²) in [5.74, 6) is -1.19. The van der Waals surface area contributed by atoms with Crippen LogP contribution in [0.2, 0.25) is 25.1 Å². The van der Waals surface area contributed by atoms with Crippen molar-refractivity contribution in [3.05, 3.63) is 55.4 Å². The molecule has 0 saturated carbocycles. The maximum absolute atomic E-state index is 11.6. The number of halogens is 5. The van der Waals surface area contributed by atoms with Gasteiger partial charge < -0.3 is 14.6 Å². The molecule has 4 nitrogen and oxygen atoms in total. The number of ether oxygens (including phenoxy) is 2. The summed E-state index contributed by atoms with van der Waals surface area (Å²) in [6, 6.07) is 7.44. The Morgan fingerprint density at radius 3 is 2.19 bits per heavy atom. The third kappa shape index (κ3) is 5.48. The molecule has 0 aliphatic carbocycles. The lowest BCUT2D eigenvalue weighted by atomic mass is 10.1. The third-order valence-electron chi connectivity index (χ3n) is 3.38. The van der Waals surface area contributed by atoms with E-state index >= 15 is 0 Å². The van der Waals surface area contributed by atoms with E-state index in [2.05, 4.69) is 0 Å². The Morgan fingerprint density at radius 2 is 1.58 bits per heavy atom. The summed E-state index contributed by atoms with van der Waals surface area (Å²) >= 11 is 29.7. The zero-order chi connectivity index (χ0) is 19.4. The van der Waals surface area contributed by atoms with Gasteiger partial charge in [0.15, 0.2) is 0 Å². The lowest BCUT2D eigenvalue weighted by Gasteiger charge is -2.22. The van der Waals surface area contributed by atoms with Gasteiger partial charge in [-0.3, -0.25) is 0 Å². The van der Waals surface area contributed by atoms with Gasteiger partial charge in [-0.1, -0.05) is 64.9 Å². The Balaban J connectivity index is 2.10. The quantitative estimate of drug-likeness (QED) is 0.481. The fraction of sp³-hybridized carbons (Fsp3) is 0.235. The third-order valence-corrected chi connectivity index (χ3v) is 4.93. The van der Waals surface area contributed by atoms with Crippen molar-refractivity contribution in [1.29, 1.82) is 0 Å². The highest BCUT2D eigenvalue weighted by Crippen LogP contribution is 2.34. The minimum Gasteiger partial charge on any atom is -0.492 e. The average molecular weight is 459 g/mol. The van der Waals surface area contributed by atoms with Crippen LogP contribution < -0.4 is 9.47 Å². The van der Waals surface area contributed by atoms with E-state index in [1.165, 1.54) is 24.3 Å². The van der Waals surface area contributed by atoms with E-state index in [0.29, 0.717) is 15.8 Å². The van der Waals surface area contributed by atoms with E-state index in [-0.39, 0.29) is 27.4 Å². The molecule has 0 spiro atoms. The minimum absolute atomic E-state index is 0.0137. The second-order valence-electron chi connectivity index (χ2n) is 5.44. The van der Waals surface area contributed by atoms with Crippen LogP contribution in [0.1, 0.15) is 6.92 Å². The number of carbonyl (C=O) groups is 1. The fourth-order valence-electron chi connectivity index (χ4n) is 2.04. The Kier molecular flexibility index (Phi) is 7.56. The van der Waals surface area contributed by atoms with E-state index in [1.54, 1.807) is 13.0 Å². The predicted octanol–water partition coefficient (Wildman–Crippen LogP) is 6.50. The number of hydrogen-bond acceptors (Lipinski definition) is 3. The summed E-state index contributed by atoms with van der Waals surface area (Å²) in [5.41, 5.74) is 0. The molecule has 0 saturated heterocycles. The first-order valence-electron chi connectivity index (χ1n) is 7.31. The first-order valence-corrected chi connectivity index (χ1v) is 9.20. The summed E-state index contributed by atoms with van der Waals surface area (Å²) in [6.07, 6.45) is -1.20. The highest BCUT2D eigenvalue weighted by atomic mass is 35.5. The number of rotatable bonds is 7. The first kappa shape index (κ1) is 21.3. The highest BCUT2D eigenvalue weighted by molar-refractivity contribution is 6.43. The van der Waals surface area contributed by atoms with Crippen LogP contribution in [0, 0.1) is 5.92 Å². The van der Waals surface area contributed by atoms with Crippen molar-refractivity contribution in [2.75, 3.05) is 6.61 Å². The van der Waals surface area contributed by atoms with Crippen LogP contribution in [0.15, 0.2) is 30.3 Å². The van der Waals surface area contributed by atoms with Gasteiger partial charge in [0.2, 0.25) is 6.10 Å². The van der Waals surface area contributed by atoms with Crippen LogP contribution in [0.4, 0.5) is 0 Å². The van der Waals surface area contributed by atoms with Crippen molar-refractivity contribution >= 4 is 64.0 Å². The summed E-state index contributed by atoms with van der Waals surface area (Å²) in [4.78, 5) is 11.6. The molecule has 0 aromatic heterocycles. The summed E-state index contributed by atoms with van der Waals surface area (Å²) in [5, 5.41) is 10.9. The Hall–Kier alpha value is -1.04. The molecule has 9 heteroatoms. The normalized spacial score (nSPS) is 13.2. The molecule has 140 valence electrons. The zero-order valence-electron chi connectivity index (χ0n) is 13.3. The van der Waals surface area contributed by atoms with Crippen LogP contribution in [0.25, 0.3) is 0 Å². The molecule has 1 N–H and O–H groups in total. The van der Waals surface area contributed by atoms with Crippen LogP contribution in [0.3, 0.4) is 0 Å². The van der Waals surface area contributed by atoms with Crippen molar-refractivity contribution < 1.29 is 19.4 Å². The monoisotopic (exact) mass is 456 g/mol. The smallest absolute Gasteiger partial charge is 0.345 e. The van der Waals surface area contributed by atoms with Gasteiger partial charge in [0, 0.05) is 17.0 Å². The molecule has 2 atom stereocenters. The van der Waals surface area contributed by atoms with Crippen molar-refractivity contribution in [3.63, 3.8) is 0 Å². The van der Waals surface area contributed by atoms with Crippen LogP contribution in [-0.4, -0.2) is 23.8 Å². The molecule has 0 amide bonds. The molecular formula is C17H13Cl5O4. The van der Waals surface area contributed by atoms with Gasteiger partial charge in [0.25, 0.3) is 0 Å². The Bertz CT molecular complexity index is 812. The predicted molar refractivity (Wildman–Crippen MR) is 105 cm³/mol. The molecule has 26 heavy (non-hydrogen) atoms. The van der Waals surface area contributed by atoms with E-state index in [0.717, 1.165) is 0 Å². The van der Waals surface area contributed by atoms with Crippen LogP contribution in [0.5, 0.6) is 11.5 Å². The van der Waals surface area contributed by atoms with Gasteiger partial charge in [-0.05, 0) is 24.3 Å². The minimum atomic E-state index is -1.20. The fourth-order valence-corrected chi connectivity index (χ4v) is 3.09. The molecule has 0 radical (unpaired) electrons. The molecule has 2 rings (SSSR count). The number of hydrogen-bond donors (Lipinski definition) is 1. The van der Waals surface area contributed by atoms with Gasteiger partial charge >= 0.3 is 5.97 Å².